The van der Waals surface area contributed by atoms with E-state index in [1.165, 1.54) is 57.9 Å². The maximum Gasteiger partial charge on any atom is 0.00956 e. The van der Waals surface area contributed by atoms with Crippen LogP contribution >= 0.6 is 11.3 Å². The average Bonchev–Trinajstić information content (AvgIpc) is 2.97. The van der Waals surface area contributed by atoms with E-state index in [-0.39, 0.29) is 0 Å². The van der Waals surface area contributed by atoms with Gasteiger partial charge in [-0.15, -0.1) is 11.3 Å². The zero-order valence-corrected chi connectivity index (χ0v) is 14.1. The molecule has 3 atom stereocenters. The number of thiophene rings is 1. The maximum absolute atomic E-state index is 3.82. The van der Waals surface area contributed by atoms with Crippen molar-refractivity contribution in [3.63, 3.8) is 0 Å². The minimum Gasteiger partial charge on any atom is -0.314 e. The summed E-state index contributed by atoms with van der Waals surface area (Å²) in [7, 11) is 0. The summed E-state index contributed by atoms with van der Waals surface area (Å²) in [4.78, 5) is 1.57. The van der Waals surface area contributed by atoms with E-state index in [4.69, 9.17) is 0 Å². The molecule has 1 aromatic rings. The highest BCUT2D eigenvalue weighted by Gasteiger charge is 2.29. The number of hydrogen-bond acceptors (Lipinski definition) is 2. The van der Waals surface area contributed by atoms with Crippen molar-refractivity contribution in [2.24, 2.45) is 11.8 Å². The highest BCUT2D eigenvalue weighted by atomic mass is 32.1. The molecule has 1 fully saturated rings. The van der Waals surface area contributed by atoms with Gasteiger partial charge in [-0.2, -0.15) is 0 Å². The third-order valence-electron chi connectivity index (χ3n) is 4.79. The Morgan fingerprint density at radius 1 is 1.20 bits per heavy atom. The predicted octanol–water partition coefficient (Wildman–Crippen LogP) is 5.27. The first-order chi connectivity index (χ1) is 9.83. The molecule has 0 bridgehead atoms. The molecule has 0 spiro atoms. The molecule has 1 saturated carbocycles. The molecule has 0 aliphatic heterocycles. The summed E-state index contributed by atoms with van der Waals surface area (Å²) in [6.45, 7) is 5.80. The largest absolute Gasteiger partial charge is 0.314 e. The van der Waals surface area contributed by atoms with Crippen molar-refractivity contribution in [2.45, 2.75) is 71.3 Å². The SMILES string of the molecule is CCCNC1CCC(CCC)CC1CCc1cccs1. The van der Waals surface area contributed by atoms with Crippen molar-refractivity contribution >= 4 is 11.3 Å². The van der Waals surface area contributed by atoms with Gasteiger partial charge in [0, 0.05) is 10.9 Å². The minimum atomic E-state index is 0.781. The second-order valence-corrected chi connectivity index (χ2v) is 7.44. The fourth-order valence-corrected chi connectivity index (χ4v) is 4.46. The normalized spacial score (nSPS) is 26.8. The van der Waals surface area contributed by atoms with Crippen LogP contribution in [0.2, 0.25) is 0 Å². The maximum atomic E-state index is 3.82. The zero-order valence-electron chi connectivity index (χ0n) is 13.2. The summed E-state index contributed by atoms with van der Waals surface area (Å²) in [6.07, 6.45) is 11.0. The van der Waals surface area contributed by atoms with Crippen molar-refractivity contribution in [1.29, 1.82) is 0 Å². The number of rotatable bonds is 8. The molecule has 0 aromatic carbocycles. The van der Waals surface area contributed by atoms with Gasteiger partial charge in [0.1, 0.15) is 0 Å². The van der Waals surface area contributed by atoms with Gasteiger partial charge in [0.05, 0.1) is 0 Å². The molecule has 20 heavy (non-hydrogen) atoms. The molecule has 114 valence electrons. The predicted molar refractivity (Wildman–Crippen MR) is 90.5 cm³/mol. The quantitative estimate of drug-likeness (QED) is 0.689. The van der Waals surface area contributed by atoms with Crippen molar-refractivity contribution < 1.29 is 0 Å². The molecule has 0 amide bonds. The molecule has 1 N–H and O–H groups in total. The third-order valence-corrected chi connectivity index (χ3v) is 5.72. The number of nitrogens with one attached hydrogen (secondary N) is 1. The molecular formula is C18H31NS. The Bertz CT molecular complexity index is 346. The first-order valence-corrected chi connectivity index (χ1v) is 9.47. The topological polar surface area (TPSA) is 12.0 Å². The van der Waals surface area contributed by atoms with Crippen molar-refractivity contribution in [3.8, 4) is 0 Å². The second-order valence-electron chi connectivity index (χ2n) is 6.41. The smallest absolute Gasteiger partial charge is 0.00956 e. The Morgan fingerprint density at radius 3 is 2.80 bits per heavy atom. The van der Waals surface area contributed by atoms with Crippen LogP contribution in [-0.4, -0.2) is 12.6 Å². The number of hydrogen-bond donors (Lipinski definition) is 1. The molecule has 1 aliphatic rings. The Morgan fingerprint density at radius 2 is 2.10 bits per heavy atom. The molecular weight excluding hydrogens is 262 g/mol. The van der Waals surface area contributed by atoms with Crippen molar-refractivity contribution in [2.75, 3.05) is 6.54 Å². The molecule has 2 rings (SSSR count). The molecule has 1 aromatic heterocycles. The van der Waals surface area contributed by atoms with E-state index in [1.54, 1.807) is 4.88 Å². The van der Waals surface area contributed by atoms with Crippen LogP contribution in [0, 0.1) is 11.8 Å². The van der Waals surface area contributed by atoms with E-state index in [0.29, 0.717) is 0 Å². The van der Waals surface area contributed by atoms with Gasteiger partial charge in [0.2, 0.25) is 0 Å². The van der Waals surface area contributed by atoms with E-state index >= 15 is 0 Å². The van der Waals surface area contributed by atoms with Gasteiger partial charge in [-0.25, -0.2) is 0 Å². The monoisotopic (exact) mass is 293 g/mol. The summed E-state index contributed by atoms with van der Waals surface area (Å²) in [6, 6.07) is 5.27. The fraction of sp³-hybridized carbons (Fsp3) is 0.778. The minimum absolute atomic E-state index is 0.781. The van der Waals surface area contributed by atoms with E-state index < -0.39 is 0 Å². The molecule has 1 aliphatic carbocycles. The highest BCUT2D eigenvalue weighted by Crippen LogP contribution is 2.35. The van der Waals surface area contributed by atoms with Gasteiger partial charge in [-0.3, -0.25) is 0 Å². The van der Waals surface area contributed by atoms with Gasteiger partial charge >= 0.3 is 0 Å². The van der Waals surface area contributed by atoms with Crippen LogP contribution in [0.25, 0.3) is 0 Å². The summed E-state index contributed by atoms with van der Waals surface area (Å²) in [5.41, 5.74) is 0. The van der Waals surface area contributed by atoms with Gasteiger partial charge in [-0.1, -0.05) is 32.8 Å². The highest BCUT2D eigenvalue weighted by molar-refractivity contribution is 7.09. The standard InChI is InChI=1S/C18H31NS/c1-3-6-15-8-11-18(19-12-4-2)16(14-15)9-10-17-7-5-13-20-17/h5,7,13,15-16,18-19H,3-4,6,8-12,14H2,1-2H3. The summed E-state index contributed by atoms with van der Waals surface area (Å²) < 4.78 is 0. The van der Waals surface area contributed by atoms with E-state index in [2.05, 4.69) is 36.7 Å². The summed E-state index contributed by atoms with van der Waals surface area (Å²) >= 11 is 1.92. The molecule has 0 saturated heterocycles. The van der Waals surface area contributed by atoms with Crippen molar-refractivity contribution in [1.82, 2.24) is 5.32 Å². The Labute approximate surface area is 129 Å². The van der Waals surface area contributed by atoms with Crippen LogP contribution < -0.4 is 5.32 Å². The van der Waals surface area contributed by atoms with E-state index in [0.717, 1.165) is 17.9 Å². The van der Waals surface area contributed by atoms with Crippen LogP contribution in [0.3, 0.4) is 0 Å². The fourth-order valence-electron chi connectivity index (χ4n) is 3.73. The average molecular weight is 294 g/mol. The van der Waals surface area contributed by atoms with Gasteiger partial charge < -0.3 is 5.32 Å². The first kappa shape index (κ1) is 16.0. The first-order valence-electron chi connectivity index (χ1n) is 8.59. The Balaban J connectivity index is 1.86. The van der Waals surface area contributed by atoms with Gasteiger partial charge in [0.15, 0.2) is 0 Å². The molecule has 3 unspecified atom stereocenters. The Kier molecular flexibility index (Phi) is 7.09. The lowest BCUT2D eigenvalue weighted by atomic mass is 9.74. The third kappa shape index (κ3) is 4.89. The lowest BCUT2D eigenvalue weighted by molar-refractivity contribution is 0.186. The van der Waals surface area contributed by atoms with Gasteiger partial charge in [-0.05, 0) is 68.4 Å². The molecule has 1 heterocycles. The van der Waals surface area contributed by atoms with Crippen LogP contribution in [0.4, 0.5) is 0 Å². The summed E-state index contributed by atoms with van der Waals surface area (Å²) in [5, 5.41) is 6.03. The summed E-state index contributed by atoms with van der Waals surface area (Å²) in [5.74, 6) is 1.89. The van der Waals surface area contributed by atoms with Crippen LogP contribution in [0.1, 0.15) is 63.7 Å². The van der Waals surface area contributed by atoms with Crippen molar-refractivity contribution in [3.05, 3.63) is 22.4 Å². The van der Waals surface area contributed by atoms with E-state index in [1.807, 2.05) is 11.3 Å². The van der Waals surface area contributed by atoms with Crippen LogP contribution in [0.5, 0.6) is 0 Å². The molecule has 2 heteroatoms. The van der Waals surface area contributed by atoms with Crippen LogP contribution in [0.15, 0.2) is 17.5 Å². The zero-order chi connectivity index (χ0) is 14.2. The molecule has 1 nitrogen and oxygen atoms in total. The van der Waals surface area contributed by atoms with Crippen LogP contribution in [-0.2, 0) is 6.42 Å². The number of aryl methyl sites for hydroxylation is 1. The second kappa shape index (κ2) is 8.84. The van der Waals surface area contributed by atoms with E-state index in [9.17, 15) is 0 Å². The lowest BCUT2D eigenvalue weighted by Crippen LogP contribution is -2.41. The Hall–Kier alpha value is -0.340. The van der Waals surface area contributed by atoms with Gasteiger partial charge in [0.25, 0.3) is 0 Å². The lowest BCUT2D eigenvalue weighted by Gasteiger charge is -2.37. The molecule has 0 radical (unpaired) electrons.